The molecule has 1 aromatic rings. The summed E-state index contributed by atoms with van der Waals surface area (Å²) in [7, 11) is 0. The number of nitrogens with one attached hydrogen (secondary N) is 1. The third kappa shape index (κ3) is 5.77. The Hall–Kier alpha value is -1.93. The highest BCUT2D eigenvalue weighted by Gasteiger charge is 2.27. The van der Waals surface area contributed by atoms with Crippen molar-refractivity contribution in [3.05, 3.63) is 16.5 Å². The van der Waals surface area contributed by atoms with Gasteiger partial charge in [0.1, 0.15) is 4.88 Å². The molecule has 0 aromatic carbocycles. The molecule has 150 valence electrons. The highest BCUT2D eigenvalue weighted by atomic mass is 32.1. The van der Waals surface area contributed by atoms with Crippen molar-refractivity contribution in [1.82, 2.24) is 4.90 Å². The van der Waals surface area contributed by atoms with E-state index < -0.39 is 11.4 Å². The second-order valence-corrected chi connectivity index (χ2v) is 9.01. The van der Waals surface area contributed by atoms with E-state index in [4.69, 9.17) is 9.47 Å². The number of morpholine rings is 1. The first-order chi connectivity index (χ1) is 12.5. The number of esters is 1. The molecule has 1 aliphatic heterocycles. The molecule has 8 heteroatoms. The quantitative estimate of drug-likeness (QED) is 0.791. The van der Waals surface area contributed by atoms with Crippen molar-refractivity contribution in [2.45, 2.75) is 53.8 Å². The van der Waals surface area contributed by atoms with Gasteiger partial charge in [0.2, 0.25) is 5.91 Å². The van der Waals surface area contributed by atoms with E-state index in [1.807, 2.05) is 34.6 Å². The first kappa shape index (κ1) is 21.4. The van der Waals surface area contributed by atoms with Crippen LogP contribution in [-0.4, -0.2) is 54.6 Å². The smallest absolute Gasteiger partial charge is 0.349 e. The van der Waals surface area contributed by atoms with Crippen molar-refractivity contribution >= 4 is 34.1 Å². The lowest BCUT2D eigenvalue weighted by atomic mass is 9.96. The van der Waals surface area contributed by atoms with E-state index in [2.05, 4.69) is 5.32 Å². The van der Waals surface area contributed by atoms with Crippen LogP contribution in [0.15, 0.2) is 6.07 Å². The van der Waals surface area contributed by atoms with Gasteiger partial charge in [-0.1, -0.05) is 20.8 Å². The standard InChI is InChI=1S/C19H28N2O5S/c1-11-7-14(20-18(24)19(4,5)6)27-16(11)17(23)25-10-15(22)21-8-12(2)26-13(3)9-21/h7,12-13H,8-10H2,1-6H3,(H,20,24). The Balaban J connectivity index is 1.94. The van der Waals surface area contributed by atoms with Crippen LogP contribution in [0.1, 0.15) is 49.9 Å². The largest absolute Gasteiger partial charge is 0.451 e. The number of rotatable bonds is 4. The van der Waals surface area contributed by atoms with Crippen LogP contribution in [0.2, 0.25) is 0 Å². The summed E-state index contributed by atoms with van der Waals surface area (Å²) < 4.78 is 10.8. The molecule has 1 aliphatic rings. The molecule has 2 heterocycles. The Labute approximate surface area is 164 Å². The van der Waals surface area contributed by atoms with Crippen LogP contribution in [0.4, 0.5) is 5.00 Å². The molecule has 0 spiro atoms. The van der Waals surface area contributed by atoms with Gasteiger partial charge in [-0.3, -0.25) is 9.59 Å². The molecular formula is C19H28N2O5S. The van der Waals surface area contributed by atoms with E-state index in [0.717, 1.165) is 11.3 Å². The molecule has 0 saturated carbocycles. The summed E-state index contributed by atoms with van der Waals surface area (Å²) in [5.74, 6) is -0.924. The van der Waals surface area contributed by atoms with E-state index >= 15 is 0 Å². The number of carbonyl (C=O) groups excluding carboxylic acids is 3. The monoisotopic (exact) mass is 396 g/mol. The summed E-state index contributed by atoms with van der Waals surface area (Å²) in [6.07, 6.45) is -0.0798. The van der Waals surface area contributed by atoms with Crippen molar-refractivity contribution in [2.75, 3.05) is 25.0 Å². The topological polar surface area (TPSA) is 84.9 Å². The van der Waals surface area contributed by atoms with Gasteiger partial charge in [0.25, 0.3) is 5.91 Å². The van der Waals surface area contributed by atoms with Crippen molar-refractivity contribution in [1.29, 1.82) is 0 Å². The van der Waals surface area contributed by atoms with Crippen LogP contribution in [0.25, 0.3) is 0 Å². The zero-order chi connectivity index (χ0) is 20.4. The molecule has 0 radical (unpaired) electrons. The Bertz CT molecular complexity index is 712. The Morgan fingerprint density at radius 3 is 2.41 bits per heavy atom. The second kappa shape index (κ2) is 8.39. The fourth-order valence-corrected chi connectivity index (χ4v) is 3.67. The minimum absolute atomic E-state index is 0.0399. The number of anilines is 1. The molecule has 0 bridgehead atoms. The Morgan fingerprint density at radius 2 is 1.85 bits per heavy atom. The molecule has 1 saturated heterocycles. The van der Waals surface area contributed by atoms with Gasteiger partial charge in [-0.25, -0.2) is 4.79 Å². The summed E-state index contributed by atoms with van der Waals surface area (Å²) in [4.78, 5) is 38.8. The maximum absolute atomic E-state index is 12.4. The van der Waals surface area contributed by atoms with E-state index in [0.29, 0.717) is 28.5 Å². The molecular weight excluding hydrogens is 368 g/mol. The first-order valence-corrected chi connectivity index (χ1v) is 9.81. The number of thiophene rings is 1. The second-order valence-electron chi connectivity index (χ2n) is 7.96. The molecule has 27 heavy (non-hydrogen) atoms. The van der Waals surface area contributed by atoms with Crippen LogP contribution in [0.5, 0.6) is 0 Å². The van der Waals surface area contributed by atoms with Crippen molar-refractivity contribution in [3.63, 3.8) is 0 Å². The fraction of sp³-hybridized carbons (Fsp3) is 0.632. The highest BCUT2D eigenvalue weighted by Crippen LogP contribution is 2.29. The molecule has 1 fully saturated rings. The third-order valence-corrected chi connectivity index (χ3v) is 5.25. The lowest BCUT2D eigenvalue weighted by molar-refractivity contribution is -0.146. The summed E-state index contributed by atoms with van der Waals surface area (Å²) in [6.45, 7) is 11.7. The van der Waals surface area contributed by atoms with Crippen molar-refractivity contribution < 1.29 is 23.9 Å². The lowest BCUT2D eigenvalue weighted by Gasteiger charge is -2.35. The summed E-state index contributed by atoms with van der Waals surface area (Å²) in [5, 5.41) is 3.39. The molecule has 1 N–H and O–H groups in total. The molecule has 7 nitrogen and oxygen atoms in total. The first-order valence-electron chi connectivity index (χ1n) is 8.99. The molecule has 1 aromatic heterocycles. The normalized spacial score (nSPS) is 20.3. The third-order valence-electron chi connectivity index (χ3n) is 4.12. The Kier molecular flexibility index (Phi) is 6.64. The number of carbonyl (C=O) groups is 3. The minimum atomic E-state index is -0.559. The number of ether oxygens (including phenoxy) is 2. The zero-order valence-corrected chi connectivity index (χ0v) is 17.6. The van der Waals surface area contributed by atoms with E-state index in [-0.39, 0.29) is 30.6 Å². The number of nitrogens with zero attached hydrogens (tertiary/aromatic N) is 1. The molecule has 2 unspecified atom stereocenters. The number of hydrogen-bond acceptors (Lipinski definition) is 6. The average Bonchev–Trinajstić information content (AvgIpc) is 2.91. The summed E-state index contributed by atoms with van der Waals surface area (Å²) >= 11 is 1.15. The van der Waals surface area contributed by atoms with E-state index in [1.54, 1.807) is 17.9 Å². The molecule has 0 aliphatic carbocycles. The fourth-order valence-electron chi connectivity index (χ4n) is 2.71. The van der Waals surface area contributed by atoms with E-state index in [9.17, 15) is 14.4 Å². The van der Waals surface area contributed by atoms with Crippen molar-refractivity contribution in [3.8, 4) is 0 Å². The predicted molar refractivity (Wildman–Crippen MR) is 104 cm³/mol. The minimum Gasteiger partial charge on any atom is -0.451 e. The molecule has 2 amide bonds. The van der Waals surface area contributed by atoms with Gasteiger partial charge < -0.3 is 19.7 Å². The van der Waals surface area contributed by atoms with Gasteiger partial charge in [0.15, 0.2) is 6.61 Å². The maximum atomic E-state index is 12.4. The molecule has 2 atom stereocenters. The van der Waals surface area contributed by atoms with Gasteiger partial charge in [0.05, 0.1) is 17.2 Å². The van der Waals surface area contributed by atoms with Gasteiger partial charge in [0, 0.05) is 18.5 Å². The lowest BCUT2D eigenvalue weighted by Crippen LogP contribution is -2.49. The van der Waals surface area contributed by atoms with Gasteiger partial charge in [-0.05, 0) is 32.4 Å². The predicted octanol–water partition coefficient (Wildman–Crippen LogP) is 2.83. The van der Waals surface area contributed by atoms with Crippen LogP contribution in [0, 0.1) is 12.3 Å². The zero-order valence-electron chi connectivity index (χ0n) is 16.8. The van der Waals surface area contributed by atoms with Crippen LogP contribution >= 0.6 is 11.3 Å². The van der Waals surface area contributed by atoms with Crippen LogP contribution in [0.3, 0.4) is 0 Å². The molecule has 2 rings (SSSR count). The van der Waals surface area contributed by atoms with Gasteiger partial charge in [-0.15, -0.1) is 11.3 Å². The summed E-state index contributed by atoms with van der Waals surface area (Å²) in [5.41, 5.74) is 0.174. The van der Waals surface area contributed by atoms with E-state index in [1.165, 1.54) is 0 Å². The summed E-state index contributed by atoms with van der Waals surface area (Å²) in [6, 6.07) is 1.73. The van der Waals surface area contributed by atoms with Crippen LogP contribution < -0.4 is 5.32 Å². The Morgan fingerprint density at radius 1 is 1.26 bits per heavy atom. The number of hydrogen-bond donors (Lipinski definition) is 1. The van der Waals surface area contributed by atoms with Crippen molar-refractivity contribution in [2.24, 2.45) is 5.41 Å². The average molecular weight is 397 g/mol. The maximum Gasteiger partial charge on any atom is 0.349 e. The van der Waals surface area contributed by atoms with Gasteiger partial charge >= 0.3 is 5.97 Å². The van der Waals surface area contributed by atoms with Gasteiger partial charge in [-0.2, -0.15) is 0 Å². The highest BCUT2D eigenvalue weighted by molar-refractivity contribution is 7.18. The SMILES string of the molecule is Cc1cc(NC(=O)C(C)(C)C)sc1C(=O)OCC(=O)N1CC(C)OC(C)C1. The number of amides is 2. The number of aryl methyl sites for hydroxylation is 1. The van der Waals surface area contributed by atoms with Crippen LogP contribution in [-0.2, 0) is 19.1 Å².